The minimum Gasteiger partial charge on any atom is -0.338 e. The molecule has 2 amide bonds. The van der Waals surface area contributed by atoms with Crippen molar-refractivity contribution >= 4 is 17.5 Å². The number of likely N-dealkylation sites (tertiary alicyclic amines) is 1. The lowest BCUT2D eigenvalue weighted by molar-refractivity contribution is -0.128. The van der Waals surface area contributed by atoms with Crippen molar-refractivity contribution in [3.8, 4) is 0 Å². The Labute approximate surface area is 158 Å². The molecule has 2 aromatic rings. The summed E-state index contributed by atoms with van der Waals surface area (Å²) in [6.07, 6.45) is 4.06. The molecule has 140 valence electrons. The molecule has 1 heterocycles. The van der Waals surface area contributed by atoms with Gasteiger partial charge in [0.05, 0.1) is 5.41 Å². The zero-order valence-corrected chi connectivity index (χ0v) is 15.2. The first-order valence-corrected chi connectivity index (χ1v) is 9.51. The van der Waals surface area contributed by atoms with Gasteiger partial charge in [0.25, 0.3) is 0 Å². The van der Waals surface area contributed by atoms with E-state index in [4.69, 9.17) is 0 Å². The van der Waals surface area contributed by atoms with E-state index in [1.165, 1.54) is 12.1 Å². The van der Waals surface area contributed by atoms with Gasteiger partial charge in [-0.25, -0.2) is 4.39 Å². The van der Waals surface area contributed by atoms with Crippen molar-refractivity contribution in [3.63, 3.8) is 0 Å². The molecule has 4 nitrogen and oxygen atoms in total. The number of anilines is 1. The molecule has 5 heteroatoms. The Morgan fingerprint density at radius 2 is 1.89 bits per heavy atom. The van der Waals surface area contributed by atoms with Crippen LogP contribution < -0.4 is 5.32 Å². The number of benzene rings is 2. The summed E-state index contributed by atoms with van der Waals surface area (Å²) in [6.45, 7) is 1.37. The minimum atomic E-state index is -0.575. The molecule has 0 unspecified atom stereocenters. The Balaban J connectivity index is 1.49. The van der Waals surface area contributed by atoms with Gasteiger partial charge in [-0.05, 0) is 54.7 Å². The smallest absolute Gasteiger partial charge is 0.235 e. The number of nitrogens with one attached hydrogen (secondary N) is 1. The van der Waals surface area contributed by atoms with Gasteiger partial charge in [0, 0.05) is 25.2 Å². The number of nitrogens with zero attached hydrogens (tertiary/aromatic N) is 1. The van der Waals surface area contributed by atoms with Crippen LogP contribution in [0.15, 0.2) is 48.5 Å². The third-order valence-corrected chi connectivity index (χ3v) is 5.77. The molecule has 27 heavy (non-hydrogen) atoms. The van der Waals surface area contributed by atoms with Gasteiger partial charge in [-0.15, -0.1) is 0 Å². The second-order valence-electron chi connectivity index (χ2n) is 7.52. The zero-order valence-electron chi connectivity index (χ0n) is 15.2. The Morgan fingerprint density at radius 3 is 2.52 bits per heavy atom. The summed E-state index contributed by atoms with van der Waals surface area (Å²) >= 11 is 0. The Hall–Kier alpha value is -2.69. The van der Waals surface area contributed by atoms with Crippen LogP contribution >= 0.6 is 0 Å². The molecule has 1 saturated carbocycles. The quantitative estimate of drug-likeness (QED) is 0.869. The van der Waals surface area contributed by atoms with Crippen LogP contribution in [0.1, 0.15) is 43.2 Å². The van der Waals surface area contributed by atoms with Gasteiger partial charge in [0.15, 0.2) is 0 Å². The molecule has 4 rings (SSSR count). The van der Waals surface area contributed by atoms with Crippen LogP contribution in [0, 0.1) is 5.82 Å². The predicted octanol–water partition coefficient (Wildman–Crippen LogP) is 4.01. The Bertz CT molecular complexity index is 859. The van der Waals surface area contributed by atoms with Crippen LogP contribution in [0.25, 0.3) is 0 Å². The lowest BCUT2D eigenvalue weighted by Gasteiger charge is -2.40. The second-order valence-corrected chi connectivity index (χ2v) is 7.52. The summed E-state index contributed by atoms with van der Waals surface area (Å²) < 4.78 is 13.3. The van der Waals surface area contributed by atoms with Crippen molar-refractivity contribution in [3.05, 3.63) is 65.5 Å². The Kier molecular flexibility index (Phi) is 4.68. The maximum Gasteiger partial charge on any atom is 0.235 e. The highest BCUT2D eigenvalue weighted by molar-refractivity contribution is 6.00. The van der Waals surface area contributed by atoms with Crippen molar-refractivity contribution in [2.75, 3.05) is 11.9 Å². The lowest BCUT2D eigenvalue weighted by Crippen LogP contribution is -2.46. The van der Waals surface area contributed by atoms with E-state index >= 15 is 0 Å². The van der Waals surface area contributed by atoms with E-state index in [0.717, 1.165) is 49.0 Å². The van der Waals surface area contributed by atoms with Gasteiger partial charge in [-0.1, -0.05) is 30.7 Å². The highest BCUT2D eigenvalue weighted by Crippen LogP contribution is 2.44. The predicted molar refractivity (Wildman–Crippen MR) is 102 cm³/mol. The van der Waals surface area contributed by atoms with Crippen LogP contribution in [0.3, 0.4) is 0 Å². The molecule has 0 atom stereocenters. The minimum absolute atomic E-state index is 0.0465. The number of hydrogen-bond acceptors (Lipinski definition) is 2. The van der Waals surface area contributed by atoms with E-state index in [9.17, 15) is 14.0 Å². The van der Waals surface area contributed by atoms with Crippen LogP contribution in [-0.2, 0) is 21.5 Å². The number of halogens is 1. The summed E-state index contributed by atoms with van der Waals surface area (Å²) in [6, 6.07) is 13.9. The fraction of sp³-hybridized carbons (Fsp3) is 0.364. The number of amides is 2. The molecule has 0 spiro atoms. The van der Waals surface area contributed by atoms with E-state index < -0.39 is 5.41 Å². The van der Waals surface area contributed by atoms with Gasteiger partial charge in [-0.3, -0.25) is 9.59 Å². The fourth-order valence-corrected chi connectivity index (χ4v) is 4.04. The molecule has 0 radical (unpaired) electrons. The number of rotatable bonds is 5. The van der Waals surface area contributed by atoms with Crippen molar-refractivity contribution < 1.29 is 14.0 Å². The highest BCUT2D eigenvalue weighted by atomic mass is 19.1. The first kappa shape index (κ1) is 17.7. The lowest BCUT2D eigenvalue weighted by atomic mass is 9.64. The molecular weight excluding hydrogens is 343 g/mol. The standard InChI is InChI=1S/C22H23FN2O2/c23-18-9-7-17(8-10-18)22(11-3-12-22)21(27)24-19-5-1-4-16(14-19)15-25-13-2-6-20(25)26/h1,4-5,7-10,14H,2-3,6,11-13,15H2,(H,24,27). The first-order chi connectivity index (χ1) is 13.1. The molecule has 1 aliphatic carbocycles. The first-order valence-electron chi connectivity index (χ1n) is 9.51. The second kappa shape index (κ2) is 7.14. The van der Waals surface area contributed by atoms with Crippen LogP contribution in [0.4, 0.5) is 10.1 Å². The monoisotopic (exact) mass is 366 g/mol. The van der Waals surface area contributed by atoms with Crippen LogP contribution in [0.5, 0.6) is 0 Å². The van der Waals surface area contributed by atoms with Gasteiger partial charge in [0.2, 0.25) is 11.8 Å². The van der Waals surface area contributed by atoms with Crippen LogP contribution in [-0.4, -0.2) is 23.3 Å². The summed E-state index contributed by atoms with van der Waals surface area (Å²) in [5, 5.41) is 3.04. The molecule has 2 fully saturated rings. The molecule has 0 bridgehead atoms. The highest BCUT2D eigenvalue weighted by Gasteiger charge is 2.45. The molecule has 1 N–H and O–H groups in total. The van der Waals surface area contributed by atoms with Crippen LogP contribution in [0.2, 0.25) is 0 Å². The topological polar surface area (TPSA) is 49.4 Å². The third-order valence-electron chi connectivity index (χ3n) is 5.77. The molecular formula is C22H23FN2O2. The molecule has 1 aliphatic heterocycles. The van der Waals surface area contributed by atoms with E-state index in [0.29, 0.717) is 13.0 Å². The van der Waals surface area contributed by atoms with Crippen molar-refractivity contribution in [1.82, 2.24) is 4.90 Å². The maximum atomic E-state index is 13.3. The molecule has 1 saturated heterocycles. The van der Waals surface area contributed by atoms with Crippen molar-refractivity contribution in [2.45, 2.75) is 44.1 Å². The summed E-state index contributed by atoms with van der Waals surface area (Å²) in [4.78, 5) is 26.7. The largest absolute Gasteiger partial charge is 0.338 e. The number of carbonyl (C=O) groups excluding carboxylic acids is 2. The maximum absolute atomic E-state index is 13.3. The van der Waals surface area contributed by atoms with Gasteiger partial charge >= 0.3 is 0 Å². The molecule has 2 aromatic carbocycles. The average Bonchev–Trinajstić information content (AvgIpc) is 3.01. The van der Waals surface area contributed by atoms with E-state index in [1.54, 1.807) is 12.1 Å². The average molecular weight is 366 g/mol. The summed E-state index contributed by atoms with van der Waals surface area (Å²) in [5.41, 5.74) is 2.03. The van der Waals surface area contributed by atoms with E-state index in [-0.39, 0.29) is 17.6 Å². The van der Waals surface area contributed by atoms with Gasteiger partial charge < -0.3 is 10.2 Å². The Morgan fingerprint density at radius 1 is 1.11 bits per heavy atom. The molecule has 2 aliphatic rings. The van der Waals surface area contributed by atoms with Gasteiger partial charge in [0.1, 0.15) is 5.82 Å². The summed E-state index contributed by atoms with van der Waals surface area (Å²) in [7, 11) is 0. The van der Waals surface area contributed by atoms with Gasteiger partial charge in [-0.2, -0.15) is 0 Å². The summed E-state index contributed by atoms with van der Waals surface area (Å²) in [5.74, 6) is -0.151. The van der Waals surface area contributed by atoms with Crippen molar-refractivity contribution in [1.29, 1.82) is 0 Å². The zero-order chi connectivity index (χ0) is 18.9. The number of hydrogen-bond donors (Lipinski definition) is 1. The fourth-order valence-electron chi connectivity index (χ4n) is 4.04. The number of carbonyl (C=O) groups is 2. The van der Waals surface area contributed by atoms with Crippen molar-refractivity contribution in [2.24, 2.45) is 0 Å². The third kappa shape index (κ3) is 3.46. The normalized spacial score (nSPS) is 18.3. The van der Waals surface area contributed by atoms with E-state index in [1.807, 2.05) is 29.2 Å². The molecule has 0 aromatic heterocycles. The SMILES string of the molecule is O=C1CCCN1Cc1cccc(NC(=O)C2(c3ccc(F)cc3)CCC2)c1. The van der Waals surface area contributed by atoms with E-state index in [2.05, 4.69) is 5.32 Å².